The first kappa shape index (κ1) is 17.7. The predicted octanol–water partition coefficient (Wildman–Crippen LogP) is 5.22. The molecule has 0 aliphatic carbocycles. The minimum atomic E-state index is 0.471. The smallest absolute Gasteiger partial charge is 0.150 e. The second kappa shape index (κ2) is 7.53. The number of para-hydroxylation sites is 1. The molecule has 1 aromatic heterocycles. The molecular formula is C20H16Cl2N4O. The highest BCUT2D eigenvalue weighted by Gasteiger charge is 2.28. The first-order valence-corrected chi connectivity index (χ1v) is 9.20. The normalized spacial score (nSPS) is 13.7. The summed E-state index contributed by atoms with van der Waals surface area (Å²) in [6.07, 6.45) is 0.731. The van der Waals surface area contributed by atoms with Crippen LogP contribution in [-0.4, -0.2) is 15.5 Å². The molecule has 27 heavy (non-hydrogen) atoms. The van der Waals surface area contributed by atoms with Crippen LogP contribution < -0.4 is 9.57 Å². The summed E-state index contributed by atoms with van der Waals surface area (Å²) in [4.78, 5) is 2.65. The molecule has 7 heteroatoms. The molecule has 1 aliphatic rings. The number of halogens is 2. The van der Waals surface area contributed by atoms with Crippen LogP contribution in [0.2, 0.25) is 0 Å². The summed E-state index contributed by atoms with van der Waals surface area (Å²) in [7, 11) is 0. The Morgan fingerprint density at radius 3 is 2.41 bits per heavy atom. The molecule has 0 amide bonds. The summed E-state index contributed by atoms with van der Waals surface area (Å²) in [6.45, 7) is 1.24. The Hall–Kier alpha value is -2.65. The lowest BCUT2D eigenvalue weighted by Crippen LogP contribution is -2.23. The summed E-state index contributed by atoms with van der Waals surface area (Å²) < 4.78 is 9.48. The first-order valence-electron chi connectivity index (χ1n) is 8.48. The molecule has 0 saturated carbocycles. The summed E-state index contributed by atoms with van der Waals surface area (Å²) in [6, 6.07) is 19.5. The monoisotopic (exact) mass is 398 g/mol. The second-order valence-electron chi connectivity index (χ2n) is 6.19. The van der Waals surface area contributed by atoms with E-state index in [0.29, 0.717) is 24.5 Å². The first-order chi connectivity index (χ1) is 13.2. The zero-order chi connectivity index (χ0) is 18.8. The van der Waals surface area contributed by atoms with E-state index in [4.69, 9.17) is 28.3 Å². The van der Waals surface area contributed by atoms with Crippen molar-refractivity contribution in [2.24, 2.45) is 0 Å². The second-order valence-corrected chi connectivity index (χ2v) is 6.86. The molecule has 136 valence electrons. The number of hydrogen-bond donors (Lipinski definition) is 1. The molecule has 2 heterocycles. The van der Waals surface area contributed by atoms with Crippen LogP contribution in [0.3, 0.4) is 0 Å². The van der Waals surface area contributed by atoms with Crippen LogP contribution in [0.4, 0.5) is 5.69 Å². The SMILES string of the molecule is N#Cc1c(NCl)c2c(n1-c1ccc(Oc3ccccc3)cc1)CCN(Cl)C2. The van der Waals surface area contributed by atoms with E-state index >= 15 is 0 Å². The zero-order valence-electron chi connectivity index (χ0n) is 14.3. The van der Waals surface area contributed by atoms with Crippen molar-refractivity contribution in [3.05, 3.63) is 71.5 Å². The van der Waals surface area contributed by atoms with Crippen LogP contribution in [0.25, 0.3) is 5.69 Å². The number of fused-ring (bicyclic) bond motifs is 1. The van der Waals surface area contributed by atoms with Gasteiger partial charge in [0, 0.05) is 48.2 Å². The number of rotatable bonds is 4. The molecule has 1 N–H and O–H groups in total. The fourth-order valence-corrected chi connectivity index (χ4v) is 3.77. The maximum Gasteiger partial charge on any atom is 0.150 e. The maximum absolute atomic E-state index is 9.72. The van der Waals surface area contributed by atoms with Crippen molar-refractivity contribution in [2.75, 3.05) is 11.4 Å². The van der Waals surface area contributed by atoms with Gasteiger partial charge in [0.05, 0.1) is 5.69 Å². The van der Waals surface area contributed by atoms with Crippen molar-refractivity contribution in [1.82, 2.24) is 8.99 Å². The molecule has 0 saturated heterocycles. The fourth-order valence-electron chi connectivity index (χ4n) is 3.36. The predicted molar refractivity (Wildman–Crippen MR) is 106 cm³/mol. The van der Waals surface area contributed by atoms with Gasteiger partial charge in [0.15, 0.2) is 0 Å². The molecule has 1 aliphatic heterocycles. The summed E-state index contributed by atoms with van der Waals surface area (Å²) in [5.41, 5.74) is 3.96. The van der Waals surface area contributed by atoms with Crippen LogP contribution in [0.15, 0.2) is 54.6 Å². The Bertz CT molecular complexity index is 994. The third-order valence-electron chi connectivity index (χ3n) is 4.58. The van der Waals surface area contributed by atoms with Gasteiger partial charge in [0.25, 0.3) is 0 Å². The van der Waals surface area contributed by atoms with E-state index in [2.05, 4.69) is 10.9 Å². The standard InChI is InChI=1S/C20H16Cl2N4O/c21-24-20-17-13-25(22)11-10-18(17)26(19(20)12-23)14-6-8-16(9-7-14)27-15-4-2-1-3-5-15/h1-9,24H,10-11,13H2. The Balaban J connectivity index is 1.72. The van der Waals surface area contributed by atoms with E-state index in [-0.39, 0.29) is 0 Å². The summed E-state index contributed by atoms with van der Waals surface area (Å²) in [5.74, 6) is 1.50. The lowest BCUT2D eigenvalue weighted by molar-refractivity contribution is 0.424. The van der Waals surface area contributed by atoms with Crippen LogP contribution in [0.5, 0.6) is 11.5 Å². The van der Waals surface area contributed by atoms with Crippen molar-refractivity contribution < 1.29 is 4.74 Å². The van der Waals surface area contributed by atoms with Gasteiger partial charge in [-0.1, -0.05) is 18.2 Å². The molecule has 0 unspecified atom stereocenters. The minimum absolute atomic E-state index is 0.471. The number of aromatic nitrogens is 1. The summed E-state index contributed by atoms with van der Waals surface area (Å²) in [5, 5.41) is 9.72. The van der Waals surface area contributed by atoms with Gasteiger partial charge in [0.1, 0.15) is 23.3 Å². The number of benzene rings is 2. The average Bonchev–Trinajstić information content (AvgIpc) is 3.02. The Kier molecular flexibility index (Phi) is 4.95. The van der Waals surface area contributed by atoms with Crippen LogP contribution in [-0.2, 0) is 13.0 Å². The van der Waals surface area contributed by atoms with E-state index < -0.39 is 0 Å². The van der Waals surface area contributed by atoms with Gasteiger partial charge in [-0.25, -0.2) is 4.42 Å². The van der Waals surface area contributed by atoms with E-state index in [9.17, 15) is 5.26 Å². The molecule has 0 radical (unpaired) electrons. The summed E-state index contributed by atoms with van der Waals surface area (Å²) >= 11 is 12.1. The van der Waals surface area contributed by atoms with E-state index in [1.165, 1.54) is 0 Å². The third kappa shape index (κ3) is 3.35. The Morgan fingerprint density at radius 2 is 1.74 bits per heavy atom. The van der Waals surface area contributed by atoms with Gasteiger partial charge in [-0.3, -0.25) is 4.84 Å². The van der Waals surface area contributed by atoms with Crippen LogP contribution in [0.1, 0.15) is 17.0 Å². The van der Waals surface area contributed by atoms with Gasteiger partial charge in [-0.15, -0.1) is 0 Å². The number of nitrogens with zero attached hydrogens (tertiary/aromatic N) is 3. The largest absolute Gasteiger partial charge is 0.457 e. The number of nitrogens with one attached hydrogen (secondary N) is 1. The van der Waals surface area contributed by atoms with E-state index in [0.717, 1.165) is 34.9 Å². The van der Waals surface area contributed by atoms with Crippen molar-refractivity contribution in [3.63, 3.8) is 0 Å². The van der Waals surface area contributed by atoms with Crippen LogP contribution >= 0.6 is 23.6 Å². The lowest BCUT2D eigenvalue weighted by atomic mass is 10.1. The number of anilines is 1. The molecule has 3 aromatic rings. The highest BCUT2D eigenvalue weighted by Crippen LogP contribution is 2.36. The van der Waals surface area contributed by atoms with Gasteiger partial charge in [-0.05, 0) is 48.2 Å². The third-order valence-corrected chi connectivity index (χ3v) is 5.05. The lowest BCUT2D eigenvalue weighted by Gasteiger charge is -2.22. The van der Waals surface area contributed by atoms with Crippen molar-refractivity contribution in [3.8, 4) is 23.3 Å². The molecule has 5 nitrogen and oxygen atoms in total. The number of hydrogen-bond acceptors (Lipinski definition) is 4. The number of nitriles is 1. The zero-order valence-corrected chi connectivity index (χ0v) is 15.8. The quantitative estimate of drug-likeness (QED) is 0.612. The fraction of sp³-hybridized carbons (Fsp3) is 0.150. The van der Waals surface area contributed by atoms with Crippen molar-refractivity contribution in [2.45, 2.75) is 13.0 Å². The van der Waals surface area contributed by atoms with E-state index in [1.54, 1.807) is 4.42 Å². The van der Waals surface area contributed by atoms with Gasteiger partial charge >= 0.3 is 0 Å². The van der Waals surface area contributed by atoms with Crippen molar-refractivity contribution >= 4 is 29.2 Å². The molecule has 0 atom stereocenters. The maximum atomic E-state index is 9.72. The molecule has 0 spiro atoms. The molecule has 0 bridgehead atoms. The Labute approximate surface area is 167 Å². The van der Waals surface area contributed by atoms with Crippen LogP contribution in [0, 0.1) is 11.3 Å². The van der Waals surface area contributed by atoms with E-state index in [1.807, 2.05) is 59.2 Å². The highest BCUT2D eigenvalue weighted by atomic mass is 35.5. The molecule has 0 fully saturated rings. The molecular weight excluding hydrogens is 383 g/mol. The van der Waals surface area contributed by atoms with Gasteiger partial charge in [-0.2, -0.15) is 5.26 Å². The highest BCUT2D eigenvalue weighted by molar-refractivity contribution is 6.24. The molecule has 4 rings (SSSR count). The topological polar surface area (TPSA) is 53.2 Å². The minimum Gasteiger partial charge on any atom is -0.457 e. The number of ether oxygens (including phenoxy) is 1. The average molecular weight is 399 g/mol. The van der Waals surface area contributed by atoms with Crippen molar-refractivity contribution in [1.29, 1.82) is 5.26 Å². The van der Waals surface area contributed by atoms with Gasteiger partial charge < -0.3 is 9.30 Å². The molecule has 2 aromatic carbocycles. The Morgan fingerprint density at radius 1 is 1.04 bits per heavy atom. The van der Waals surface area contributed by atoms with Gasteiger partial charge in [0.2, 0.25) is 0 Å².